The van der Waals surface area contributed by atoms with Crippen molar-refractivity contribution < 1.29 is 9.59 Å². The number of nitrogens with zero attached hydrogens (tertiary/aromatic N) is 2. The lowest BCUT2D eigenvalue weighted by Gasteiger charge is -2.22. The average Bonchev–Trinajstić information content (AvgIpc) is 3.31. The van der Waals surface area contributed by atoms with E-state index in [0.29, 0.717) is 19.6 Å². The minimum Gasteiger partial charge on any atom is -0.340 e. The smallest absolute Gasteiger partial charge is 0.228 e. The third kappa shape index (κ3) is 4.16. The van der Waals surface area contributed by atoms with Gasteiger partial charge in [-0.05, 0) is 23.6 Å². The molecule has 0 bridgehead atoms. The Balaban J connectivity index is 0.00000240. The number of aryl methyl sites for hydroxylation is 1. The number of hydrogen-bond donors (Lipinski definition) is 1. The van der Waals surface area contributed by atoms with Crippen molar-refractivity contribution in [3.63, 3.8) is 0 Å². The van der Waals surface area contributed by atoms with Gasteiger partial charge in [-0.25, -0.2) is 0 Å². The second-order valence-electron chi connectivity index (χ2n) is 7.81. The van der Waals surface area contributed by atoms with E-state index < -0.39 is 0 Å². The summed E-state index contributed by atoms with van der Waals surface area (Å²) in [4.78, 5) is 29.4. The van der Waals surface area contributed by atoms with E-state index in [-0.39, 0.29) is 48.5 Å². The minimum absolute atomic E-state index is 0. The number of halogens is 1. The van der Waals surface area contributed by atoms with Crippen LogP contribution in [0, 0.1) is 5.92 Å². The number of likely N-dealkylation sites (tertiary alicyclic amines) is 1. The summed E-state index contributed by atoms with van der Waals surface area (Å²) in [5, 5.41) is 0. The van der Waals surface area contributed by atoms with Gasteiger partial charge in [0.25, 0.3) is 0 Å². The first-order valence-corrected chi connectivity index (χ1v) is 10.1. The van der Waals surface area contributed by atoms with Gasteiger partial charge in [0.05, 0.1) is 5.92 Å². The molecule has 2 N–H and O–H groups in total. The number of rotatable bonds is 4. The molecule has 2 aliphatic rings. The lowest BCUT2D eigenvalue weighted by Crippen LogP contribution is -2.37. The van der Waals surface area contributed by atoms with E-state index in [9.17, 15) is 9.59 Å². The summed E-state index contributed by atoms with van der Waals surface area (Å²) in [5.41, 5.74) is 9.59. The summed E-state index contributed by atoms with van der Waals surface area (Å²) in [6, 6.07) is 18.0. The molecule has 5 nitrogen and oxygen atoms in total. The first-order chi connectivity index (χ1) is 13.6. The molecule has 1 unspecified atom stereocenters. The SMILES string of the molecule is CCc1ccccc1N1CC(C(=O)N2C[C@@H](N)[C@H](c3ccccc3)C2)CC1=O.Cl. The summed E-state index contributed by atoms with van der Waals surface area (Å²) in [7, 11) is 0. The molecule has 2 saturated heterocycles. The molecular formula is C23H28ClN3O2. The monoisotopic (exact) mass is 413 g/mol. The van der Waals surface area contributed by atoms with E-state index in [1.807, 2.05) is 47.4 Å². The van der Waals surface area contributed by atoms with E-state index in [1.54, 1.807) is 4.90 Å². The van der Waals surface area contributed by atoms with Gasteiger partial charge in [0.2, 0.25) is 11.8 Å². The van der Waals surface area contributed by atoms with Crippen molar-refractivity contribution in [2.45, 2.75) is 31.7 Å². The van der Waals surface area contributed by atoms with E-state index >= 15 is 0 Å². The number of nitrogens with two attached hydrogens (primary N) is 1. The molecule has 2 heterocycles. The van der Waals surface area contributed by atoms with Crippen molar-refractivity contribution >= 4 is 29.9 Å². The highest BCUT2D eigenvalue weighted by Gasteiger charge is 2.41. The summed E-state index contributed by atoms with van der Waals surface area (Å²) >= 11 is 0. The normalized spacial score (nSPS) is 23.9. The number of para-hydroxylation sites is 1. The highest BCUT2D eigenvalue weighted by Crippen LogP contribution is 2.32. The van der Waals surface area contributed by atoms with Gasteiger partial charge in [-0.1, -0.05) is 55.5 Å². The fourth-order valence-corrected chi connectivity index (χ4v) is 4.50. The molecule has 2 fully saturated rings. The maximum absolute atomic E-state index is 13.1. The lowest BCUT2D eigenvalue weighted by atomic mass is 9.95. The van der Waals surface area contributed by atoms with Crippen LogP contribution in [0.4, 0.5) is 5.69 Å². The topological polar surface area (TPSA) is 66.6 Å². The van der Waals surface area contributed by atoms with Gasteiger partial charge < -0.3 is 15.5 Å². The van der Waals surface area contributed by atoms with Crippen molar-refractivity contribution in [3.8, 4) is 0 Å². The van der Waals surface area contributed by atoms with Crippen molar-refractivity contribution in [3.05, 3.63) is 65.7 Å². The molecule has 4 rings (SSSR count). The Labute approximate surface area is 178 Å². The van der Waals surface area contributed by atoms with Gasteiger partial charge in [0.15, 0.2) is 0 Å². The molecule has 2 aliphatic heterocycles. The Hall–Kier alpha value is -2.37. The van der Waals surface area contributed by atoms with Crippen LogP contribution in [0.15, 0.2) is 54.6 Å². The minimum atomic E-state index is -0.292. The van der Waals surface area contributed by atoms with E-state index in [0.717, 1.165) is 17.7 Å². The molecule has 0 aliphatic carbocycles. The zero-order chi connectivity index (χ0) is 19.7. The van der Waals surface area contributed by atoms with Gasteiger partial charge in [0, 0.05) is 43.7 Å². The molecule has 2 aromatic rings. The standard InChI is InChI=1S/C23H27N3O2.ClH/c1-2-16-8-6-7-11-21(16)26-13-18(12-22(26)27)23(28)25-14-19(20(24)15-25)17-9-4-3-5-10-17;/h3-11,18-20H,2,12-15,24H2,1H3;1H/t18?,19-,20+;/m0./s1. The zero-order valence-electron chi connectivity index (χ0n) is 16.7. The fraction of sp³-hybridized carbons (Fsp3) is 0.391. The van der Waals surface area contributed by atoms with Crippen LogP contribution in [-0.4, -0.2) is 42.4 Å². The third-order valence-electron chi connectivity index (χ3n) is 6.04. The van der Waals surface area contributed by atoms with Crippen LogP contribution in [0.2, 0.25) is 0 Å². The van der Waals surface area contributed by atoms with E-state index in [1.165, 1.54) is 5.56 Å². The number of anilines is 1. The Kier molecular flexibility index (Phi) is 6.60. The summed E-state index contributed by atoms with van der Waals surface area (Å²) in [6.45, 7) is 3.71. The molecule has 0 aromatic heterocycles. The molecule has 6 heteroatoms. The van der Waals surface area contributed by atoms with Crippen molar-refractivity contribution in [1.82, 2.24) is 4.90 Å². The first kappa shape index (κ1) is 21.3. The number of benzene rings is 2. The number of amides is 2. The third-order valence-corrected chi connectivity index (χ3v) is 6.04. The summed E-state index contributed by atoms with van der Waals surface area (Å²) < 4.78 is 0. The highest BCUT2D eigenvalue weighted by atomic mass is 35.5. The fourth-order valence-electron chi connectivity index (χ4n) is 4.50. The Bertz CT molecular complexity index is 873. The molecule has 0 spiro atoms. The van der Waals surface area contributed by atoms with Crippen LogP contribution in [0.5, 0.6) is 0 Å². The van der Waals surface area contributed by atoms with Crippen molar-refractivity contribution in [2.75, 3.05) is 24.5 Å². The Morgan fingerprint density at radius 3 is 2.45 bits per heavy atom. The molecule has 29 heavy (non-hydrogen) atoms. The largest absolute Gasteiger partial charge is 0.340 e. The molecule has 0 radical (unpaired) electrons. The van der Waals surface area contributed by atoms with E-state index in [4.69, 9.17) is 5.73 Å². The van der Waals surface area contributed by atoms with Gasteiger partial charge in [0.1, 0.15) is 0 Å². The Morgan fingerprint density at radius 2 is 1.72 bits per heavy atom. The predicted octanol–water partition coefficient (Wildman–Crippen LogP) is 2.98. The van der Waals surface area contributed by atoms with Crippen LogP contribution in [-0.2, 0) is 16.0 Å². The van der Waals surface area contributed by atoms with Crippen LogP contribution < -0.4 is 10.6 Å². The number of carbonyl (C=O) groups is 2. The lowest BCUT2D eigenvalue weighted by molar-refractivity contribution is -0.134. The predicted molar refractivity (Wildman–Crippen MR) is 117 cm³/mol. The van der Waals surface area contributed by atoms with Crippen molar-refractivity contribution in [1.29, 1.82) is 0 Å². The van der Waals surface area contributed by atoms with Gasteiger partial charge in [-0.3, -0.25) is 9.59 Å². The van der Waals surface area contributed by atoms with Gasteiger partial charge >= 0.3 is 0 Å². The number of hydrogen-bond acceptors (Lipinski definition) is 3. The highest BCUT2D eigenvalue weighted by molar-refractivity contribution is 6.00. The van der Waals surface area contributed by atoms with Crippen LogP contribution in [0.25, 0.3) is 0 Å². The Morgan fingerprint density at radius 1 is 1.03 bits per heavy atom. The maximum Gasteiger partial charge on any atom is 0.228 e. The van der Waals surface area contributed by atoms with Crippen LogP contribution in [0.3, 0.4) is 0 Å². The average molecular weight is 414 g/mol. The summed E-state index contributed by atoms with van der Waals surface area (Å²) in [6.07, 6.45) is 1.14. The number of carbonyl (C=O) groups excluding carboxylic acids is 2. The quantitative estimate of drug-likeness (QED) is 0.837. The molecule has 2 aromatic carbocycles. The molecule has 0 saturated carbocycles. The van der Waals surface area contributed by atoms with Gasteiger partial charge in [-0.15, -0.1) is 12.4 Å². The zero-order valence-corrected chi connectivity index (χ0v) is 17.5. The molecule has 3 atom stereocenters. The van der Waals surface area contributed by atoms with Crippen LogP contribution >= 0.6 is 12.4 Å². The second-order valence-corrected chi connectivity index (χ2v) is 7.81. The van der Waals surface area contributed by atoms with Gasteiger partial charge in [-0.2, -0.15) is 0 Å². The molecule has 154 valence electrons. The van der Waals surface area contributed by atoms with Crippen LogP contribution in [0.1, 0.15) is 30.4 Å². The molecular weight excluding hydrogens is 386 g/mol. The maximum atomic E-state index is 13.1. The summed E-state index contributed by atoms with van der Waals surface area (Å²) in [5.74, 6) is -0.0561. The first-order valence-electron chi connectivity index (χ1n) is 10.1. The van der Waals surface area contributed by atoms with Crippen molar-refractivity contribution in [2.24, 2.45) is 11.7 Å². The van der Waals surface area contributed by atoms with E-state index in [2.05, 4.69) is 19.1 Å². The second kappa shape index (κ2) is 8.97. The molecule has 2 amide bonds.